The molecule has 1 rings (SSSR count). The van der Waals surface area contributed by atoms with Crippen LogP contribution in [-0.2, 0) is 0 Å². The molecule has 0 radical (unpaired) electrons. The molecule has 3 heteroatoms. The molecule has 1 saturated heterocycles. The van der Waals surface area contributed by atoms with E-state index in [0.717, 1.165) is 19.6 Å². The van der Waals surface area contributed by atoms with E-state index in [-0.39, 0.29) is 0 Å². The largest absolute Gasteiger partial charge is 0.310 e. The summed E-state index contributed by atoms with van der Waals surface area (Å²) in [5.74, 6) is 0. The molecule has 1 aliphatic heterocycles. The number of hydrogen-bond donors (Lipinski definition) is 1. The summed E-state index contributed by atoms with van der Waals surface area (Å²) in [5, 5.41) is 3.62. The van der Waals surface area contributed by atoms with Crippen molar-refractivity contribution in [2.45, 2.75) is 32.4 Å². The molecule has 0 saturated carbocycles. The van der Waals surface area contributed by atoms with Crippen molar-refractivity contribution in [1.29, 1.82) is 0 Å². The second kappa shape index (κ2) is 4.60. The van der Waals surface area contributed by atoms with E-state index in [2.05, 4.69) is 50.0 Å². The van der Waals surface area contributed by atoms with Gasteiger partial charge in [0.2, 0.25) is 0 Å². The van der Waals surface area contributed by atoms with Crippen molar-refractivity contribution in [3.63, 3.8) is 0 Å². The summed E-state index contributed by atoms with van der Waals surface area (Å²) in [5.41, 5.74) is 0.317. The van der Waals surface area contributed by atoms with Gasteiger partial charge in [-0.05, 0) is 34.5 Å². The van der Waals surface area contributed by atoms with Gasteiger partial charge >= 0.3 is 0 Å². The fourth-order valence-corrected chi connectivity index (χ4v) is 2.20. The first-order chi connectivity index (χ1) is 6.45. The summed E-state index contributed by atoms with van der Waals surface area (Å²) in [7, 11) is 4.27. The lowest BCUT2D eigenvalue weighted by Crippen LogP contribution is -2.63. The second-order valence-corrected chi connectivity index (χ2v) is 5.19. The Morgan fingerprint density at radius 1 is 1.43 bits per heavy atom. The molecule has 1 unspecified atom stereocenters. The minimum atomic E-state index is 0.317. The van der Waals surface area contributed by atoms with Crippen molar-refractivity contribution in [3.05, 3.63) is 0 Å². The fraction of sp³-hybridized carbons (Fsp3) is 1.00. The first-order valence-corrected chi connectivity index (χ1v) is 5.59. The molecule has 3 nitrogen and oxygen atoms in total. The van der Waals surface area contributed by atoms with Crippen molar-refractivity contribution in [2.75, 3.05) is 40.3 Å². The summed E-state index contributed by atoms with van der Waals surface area (Å²) in [6, 6.07) is 0.623. The molecule has 0 aliphatic carbocycles. The molecule has 0 aromatic carbocycles. The molecule has 0 spiro atoms. The van der Waals surface area contributed by atoms with E-state index in [1.807, 2.05) is 0 Å². The van der Waals surface area contributed by atoms with Crippen molar-refractivity contribution in [2.24, 2.45) is 0 Å². The Labute approximate surface area is 88.5 Å². The maximum atomic E-state index is 3.62. The molecule has 84 valence electrons. The number of nitrogens with zero attached hydrogens (tertiary/aromatic N) is 2. The number of hydrogen-bond acceptors (Lipinski definition) is 3. The molecule has 0 bridgehead atoms. The minimum Gasteiger partial charge on any atom is -0.310 e. The lowest BCUT2D eigenvalue weighted by atomic mass is 9.97. The van der Waals surface area contributed by atoms with Gasteiger partial charge < -0.3 is 10.2 Å². The zero-order valence-electron chi connectivity index (χ0n) is 10.3. The highest BCUT2D eigenvalue weighted by Crippen LogP contribution is 2.17. The second-order valence-electron chi connectivity index (χ2n) is 5.19. The Balaban J connectivity index is 2.49. The predicted octanol–water partition coefficient (Wildman–Crippen LogP) is 0.620. The molecule has 1 atom stereocenters. The molecule has 1 fully saturated rings. The zero-order chi connectivity index (χ0) is 10.8. The van der Waals surface area contributed by atoms with Crippen molar-refractivity contribution < 1.29 is 0 Å². The van der Waals surface area contributed by atoms with Gasteiger partial charge in [0, 0.05) is 31.2 Å². The van der Waals surface area contributed by atoms with Crippen LogP contribution in [0.4, 0.5) is 0 Å². The Kier molecular flexibility index (Phi) is 3.93. The Morgan fingerprint density at radius 2 is 2.07 bits per heavy atom. The van der Waals surface area contributed by atoms with Crippen LogP contribution in [0.5, 0.6) is 0 Å². The Bertz CT molecular complexity index is 177. The summed E-state index contributed by atoms with van der Waals surface area (Å²) >= 11 is 0. The molecule has 0 aromatic rings. The quantitative estimate of drug-likeness (QED) is 0.719. The third-order valence-electron chi connectivity index (χ3n) is 3.09. The maximum Gasteiger partial charge on any atom is 0.0323 e. The van der Waals surface area contributed by atoms with Crippen LogP contribution in [-0.4, -0.2) is 61.7 Å². The molecular weight excluding hydrogens is 174 g/mol. The third-order valence-corrected chi connectivity index (χ3v) is 3.09. The van der Waals surface area contributed by atoms with Gasteiger partial charge in [0.15, 0.2) is 0 Å². The molecule has 0 amide bonds. The van der Waals surface area contributed by atoms with Gasteiger partial charge in [0.25, 0.3) is 0 Å². The van der Waals surface area contributed by atoms with Gasteiger partial charge in [-0.1, -0.05) is 6.92 Å². The average molecular weight is 199 g/mol. The lowest BCUT2D eigenvalue weighted by Gasteiger charge is -2.46. The van der Waals surface area contributed by atoms with E-state index in [0.29, 0.717) is 11.6 Å². The van der Waals surface area contributed by atoms with Crippen LogP contribution in [0.25, 0.3) is 0 Å². The summed E-state index contributed by atoms with van der Waals surface area (Å²) in [6.45, 7) is 11.4. The highest BCUT2D eigenvalue weighted by Gasteiger charge is 2.32. The third kappa shape index (κ3) is 2.94. The number of rotatable bonds is 3. The summed E-state index contributed by atoms with van der Waals surface area (Å²) in [6.07, 6.45) is 0. The van der Waals surface area contributed by atoms with Crippen molar-refractivity contribution in [3.8, 4) is 0 Å². The molecule has 1 aliphatic rings. The monoisotopic (exact) mass is 199 g/mol. The van der Waals surface area contributed by atoms with Gasteiger partial charge in [-0.25, -0.2) is 0 Å². The zero-order valence-corrected chi connectivity index (χ0v) is 10.3. The number of piperazine rings is 1. The summed E-state index contributed by atoms with van der Waals surface area (Å²) in [4.78, 5) is 4.82. The van der Waals surface area contributed by atoms with Crippen LogP contribution in [0, 0.1) is 0 Å². The molecule has 1 heterocycles. The Hall–Kier alpha value is -0.120. The lowest BCUT2D eigenvalue weighted by molar-refractivity contribution is 0.0647. The van der Waals surface area contributed by atoms with Gasteiger partial charge in [0.05, 0.1) is 0 Å². The highest BCUT2D eigenvalue weighted by atomic mass is 15.3. The average Bonchev–Trinajstić information content (AvgIpc) is 2.07. The Morgan fingerprint density at radius 3 is 2.57 bits per heavy atom. The number of nitrogens with one attached hydrogen (secondary N) is 1. The predicted molar refractivity (Wildman–Crippen MR) is 61.7 cm³/mol. The molecule has 1 N–H and O–H groups in total. The van der Waals surface area contributed by atoms with Crippen molar-refractivity contribution >= 4 is 0 Å². The van der Waals surface area contributed by atoms with Crippen LogP contribution < -0.4 is 5.32 Å². The van der Waals surface area contributed by atoms with E-state index in [1.54, 1.807) is 0 Å². The van der Waals surface area contributed by atoms with Crippen molar-refractivity contribution in [1.82, 2.24) is 15.1 Å². The minimum absolute atomic E-state index is 0.317. The summed E-state index contributed by atoms with van der Waals surface area (Å²) < 4.78 is 0. The van der Waals surface area contributed by atoms with Crippen LogP contribution in [0.2, 0.25) is 0 Å². The van der Waals surface area contributed by atoms with E-state index >= 15 is 0 Å². The molecular formula is C11H25N3. The van der Waals surface area contributed by atoms with Gasteiger partial charge in [0.1, 0.15) is 0 Å². The van der Waals surface area contributed by atoms with Crippen LogP contribution in [0.1, 0.15) is 20.8 Å². The number of likely N-dealkylation sites (N-methyl/N-ethyl adjacent to an activating group) is 2. The SMILES string of the molecule is CCN1CC(CN(C)C)NCC1(C)C. The maximum absolute atomic E-state index is 3.62. The van der Waals surface area contributed by atoms with E-state index in [9.17, 15) is 0 Å². The van der Waals surface area contributed by atoms with E-state index in [4.69, 9.17) is 0 Å². The smallest absolute Gasteiger partial charge is 0.0323 e. The standard InChI is InChI=1S/C11H25N3/c1-6-14-8-10(7-13(4)5)12-9-11(14,2)3/h10,12H,6-9H2,1-5H3. The molecule has 0 aromatic heterocycles. The normalized spacial score (nSPS) is 28.3. The van der Waals surface area contributed by atoms with Gasteiger partial charge in [-0.15, -0.1) is 0 Å². The van der Waals surface area contributed by atoms with Gasteiger partial charge in [-0.2, -0.15) is 0 Å². The fourth-order valence-electron chi connectivity index (χ4n) is 2.20. The van der Waals surface area contributed by atoms with Gasteiger partial charge in [-0.3, -0.25) is 4.90 Å². The van der Waals surface area contributed by atoms with Crippen LogP contribution >= 0.6 is 0 Å². The highest BCUT2D eigenvalue weighted by molar-refractivity contribution is 4.92. The molecule has 14 heavy (non-hydrogen) atoms. The van der Waals surface area contributed by atoms with E-state index < -0.39 is 0 Å². The first-order valence-electron chi connectivity index (χ1n) is 5.59. The van der Waals surface area contributed by atoms with Crippen LogP contribution in [0.3, 0.4) is 0 Å². The van der Waals surface area contributed by atoms with Crippen LogP contribution in [0.15, 0.2) is 0 Å². The van der Waals surface area contributed by atoms with E-state index in [1.165, 1.54) is 6.54 Å². The topological polar surface area (TPSA) is 18.5 Å². The first kappa shape index (κ1) is 12.0.